The van der Waals surface area contributed by atoms with E-state index in [9.17, 15) is 0 Å². The van der Waals surface area contributed by atoms with Crippen LogP contribution in [0.15, 0.2) is 53.9 Å². The fourth-order valence-corrected chi connectivity index (χ4v) is 4.65. The highest BCUT2D eigenvalue weighted by Gasteiger charge is 2.36. The Morgan fingerprint density at radius 1 is 0.944 bits per heavy atom. The molecule has 1 nitrogen and oxygen atoms in total. The van der Waals surface area contributed by atoms with Crippen LogP contribution in [-0.2, 0) is 0 Å². The first-order chi connectivity index (χ1) is 8.95. The molecule has 0 saturated carbocycles. The number of rotatable bonds is 0. The first-order valence-electron chi connectivity index (χ1n) is 6.29. The molecule has 2 unspecified atom stereocenters. The SMILES string of the molecule is C1=CC2c3cccc4c5ccccc5n(c34)C2S1. The summed E-state index contributed by atoms with van der Waals surface area (Å²) in [5, 5.41) is 5.59. The van der Waals surface area contributed by atoms with Crippen molar-refractivity contribution in [2.24, 2.45) is 0 Å². The molecule has 18 heavy (non-hydrogen) atoms. The Bertz CT molecular complexity index is 828. The number of hydrogen-bond donors (Lipinski definition) is 0. The molecule has 0 amide bonds. The molecule has 2 aliphatic rings. The van der Waals surface area contributed by atoms with Gasteiger partial charge in [0, 0.05) is 16.7 Å². The topological polar surface area (TPSA) is 4.93 Å². The highest BCUT2D eigenvalue weighted by molar-refractivity contribution is 8.02. The molecular weight excluding hydrogens is 238 g/mol. The van der Waals surface area contributed by atoms with Gasteiger partial charge >= 0.3 is 0 Å². The molecule has 1 aromatic heterocycles. The molecule has 0 aliphatic carbocycles. The molecule has 2 aliphatic heterocycles. The van der Waals surface area contributed by atoms with Crippen molar-refractivity contribution >= 4 is 33.6 Å². The Kier molecular flexibility index (Phi) is 1.55. The number of benzene rings is 2. The molecule has 2 aromatic carbocycles. The highest BCUT2D eigenvalue weighted by atomic mass is 32.2. The van der Waals surface area contributed by atoms with Gasteiger partial charge in [-0.3, -0.25) is 0 Å². The molecule has 0 radical (unpaired) electrons. The van der Waals surface area contributed by atoms with Gasteiger partial charge in [-0.05, 0) is 17.0 Å². The molecule has 0 bridgehead atoms. The van der Waals surface area contributed by atoms with Crippen molar-refractivity contribution in [1.29, 1.82) is 0 Å². The zero-order chi connectivity index (χ0) is 11.7. The fraction of sp³-hybridized carbons (Fsp3) is 0.125. The maximum Gasteiger partial charge on any atom is 0.0943 e. The van der Waals surface area contributed by atoms with Gasteiger partial charge in [0.2, 0.25) is 0 Å². The van der Waals surface area contributed by atoms with Gasteiger partial charge in [0.1, 0.15) is 0 Å². The van der Waals surface area contributed by atoms with Crippen molar-refractivity contribution in [3.8, 4) is 0 Å². The van der Waals surface area contributed by atoms with Crippen LogP contribution in [0, 0.1) is 0 Å². The Balaban J connectivity index is 2.08. The van der Waals surface area contributed by atoms with Gasteiger partial charge in [-0.2, -0.15) is 0 Å². The Labute approximate surface area is 109 Å². The molecule has 0 N–H and O–H groups in total. The van der Waals surface area contributed by atoms with Crippen LogP contribution in [-0.4, -0.2) is 4.57 Å². The molecular formula is C16H11NS. The standard InChI is InChI=1S/C16H11NS/c1-2-7-14-10(4-1)11-5-3-6-12-13-8-9-18-16(13)17(14)15(11)12/h1-9,13,16H. The number of para-hydroxylation sites is 2. The smallest absolute Gasteiger partial charge is 0.0943 e. The lowest BCUT2D eigenvalue weighted by Crippen LogP contribution is -2.01. The lowest BCUT2D eigenvalue weighted by Gasteiger charge is -2.13. The van der Waals surface area contributed by atoms with Crippen molar-refractivity contribution in [3.05, 3.63) is 59.5 Å². The van der Waals surface area contributed by atoms with Gasteiger partial charge < -0.3 is 4.57 Å². The van der Waals surface area contributed by atoms with Crippen LogP contribution in [0.2, 0.25) is 0 Å². The second kappa shape index (κ2) is 3.01. The summed E-state index contributed by atoms with van der Waals surface area (Å²) >= 11 is 1.94. The lowest BCUT2D eigenvalue weighted by atomic mass is 9.99. The van der Waals surface area contributed by atoms with Crippen molar-refractivity contribution in [2.45, 2.75) is 11.3 Å². The van der Waals surface area contributed by atoms with Gasteiger partial charge in [0.15, 0.2) is 0 Å². The molecule has 0 spiro atoms. The van der Waals surface area contributed by atoms with E-state index in [2.05, 4.69) is 58.5 Å². The summed E-state index contributed by atoms with van der Waals surface area (Å²) in [4.78, 5) is 0. The largest absolute Gasteiger partial charge is 0.326 e. The molecule has 2 atom stereocenters. The maximum absolute atomic E-state index is 2.54. The average Bonchev–Trinajstić information content (AvgIpc) is 3.06. The van der Waals surface area contributed by atoms with Crippen molar-refractivity contribution in [2.75, 3.05) is 0 Å². The van der Waals surface area contributed by atoms with Crippen LogP contribution in [0.4, 0.5) is 0 Å². The van der Waals surface area contributed by atoms with Crippen molar-refractivity contribution in [3.63, 3.8) is 0 Å². The lowest BCUT2D eigenvalue weighted by molar-refractivity contribution is 0.713. The fourth-order valence-electron chi connectivity index (χ4n) is 3.48. The number of fused-ring (bicyclic) bond motifs is 6. The van der Waals surface area contributed by atoms with E-state index in [0.29, 0.717) is 11.3 Å². The number of aromatic nitrogens is 1. The number of nitrogens with zero attached hydrogens (tertiary/aromatic N) is 1. The number of allylic oxidation sites excluding steroid dienone is 1. The van der Waals surface area contributed by atoms with E-state index in [0.717, 1.165) is 0 Å². The zero-order valence-corrected chi connectivity index (χ0v) is 10.5. The van der Waals surface area contributed by atoms with Gasteiger partial charge in [0.25, 0.3) is 0 Å². The average molecular weight is 249 g/mol. The van der Waals surface area contributed by atoms with Gasteiger partial charge in [0.05, 0.1) is 16.4 Å². The van der Waals surface area contributed by atoms with Crippen LogP contribution in [0.25, 0.3) is 21.8 Å². The summed E-state index contributed by atoms with van der Waals surface area (Å²) in [6.07, 6.45) is 2.35. The quantitative estimate of drug-likeness (QED) is 0.561. The third-order valence-electron chi connectivity index (χ3n) is 4.19. The minimum Gasteiger partial charge on any atom is -0.326 e. The second-order valence-corrected chi connectivity index (χ2v) is 6.04. The van der Waals surface area contributed by atoms with E-state index in [-0.39, 0.29) is 0 Å². The van der Waals surface area contributed by atoms with Crippen LogP contribution in [0.3, 0.4) is 0 Å². The minimum absolute atomic E-state index is 0.532. The molecule has 5 rings (SSSR count). The second-order valence-electron chi connectivity index (χ2n) is 5.01. The predicted octanol–water partition coefficient (Wildman–Crippen LogP) is 4.65. The van der Waals surface area contributed by atoms with E-state index in [1.807, 2.05) is 11.8 Å². The summed E-state index contributed by atoms with van der Waals surface area (Å²) in [6, 6.07) is 15.5. The molecule has 3 aromatic rings. The van der Waals surface area contributed by atoms with E-state index >= 15 is 0 Å². The Morgan fingerprint density at radius 3 is 2.83 bits per heavy atom. The van der Waals surface area contributed by atoms with Crippen LogP contribution >= 0.6 is 11.8 Å². The van der Waals surface area contributed by atoms with E-state index in [4.69, 9.17) is 0 Å². The van der Waals surface area contributed by atoms with E-state index in [1.54, 1.807) is 0 Å². The highest BCUT2D eigenvalue weighted by Crippen LogP contribution is 2.55. The van der Waals surface area contributed by atoms with Crippen LogP contribution in [0.5, 0.6) is 0 Å². The van der Waals surface area contributed by atoms with Gasteiger partial charge in [-0.15, -0.1) is 11.8 Å². The van der Waals surface area contributed by atoms with E-state index in [1.165, 1.54) is 27.4 Å². The monoisotopic (exact) mass is 249 g/mol. The van der Waals surface area contributed by atoms with Crippen molar-refractivity contribution in [1.82, 2.24) is 4.57 Å². The molecule has 0 saturated heterocycles. The first kappa shape index (κ1) is 9.29. The Morgan fingerprint density at radius 2 is 1.83 bits per heavy atom. The predicted molar refractivity (Wildman–Crippen MR) is 78.0 cm³/mol. The van der Waals surface area contributed by atoms with Gasteiger partial charge in [-0.1, -0.05) is 42.5 Å². The summed E-state index contributed by atoms with van der Waals surface area (Å²) < 4.78 is 2.54. The maximum atomic E-state index is 2.54. The summed E-state index contributed by atoms with van der Waals surface area (Å²) in [6.45, 7) is 0. The normalized spacial score (nSPS) is 24.2. The first-order valence-corrected chi connectivity index (χ1v) is 7.23. The third kappa shape index (κ3) is 0.895. The summed E-state index contributed by atoms with van der Waals surface area (Å²) in [5.41, 5.74) is 4.32. The molecule has 3 heterocycles. The van der Waals surface area contributed by atoms with Crippen LogP contribution in [0.1, 0.15) is 16.9 Å². The van der Waals surface area contributed by atoms with E-state index < -0.39 is 0 Å². The number of hydrogen-bond acceptors (Lipinski definition) is 1. The zero-order valence-electron chi connectivity index (χ0n) is 9.71. The molecule has 2 heteroatoms. The molecule has 0 fully saturated rings. The molecule has 86 valence electrons. The minimum atomic E-state index is 0.532. The number of thioether (sulfide) groups is 1. The summed E-state index contributed by atoms with van der Waals surface area (Å²) in [5.74, 6) is 0.568. The Hall–Kier alpha value is -1.67. The van der Waals surface area contributed by atoms with Crippen LogP contribution < -0.4 is 0 Å². The summed E-state index contributed by atoms with van der Waals surface area (Å²) in [7, 11) is 0. The van der Waals surface area contributed by atoms with Gasteiger partial charge in [-0.25, -0.2) is 0 Å². The third-order valence-corrected chi connectivity index (χ3v) is 5.28. The van der Waals surface area contributed by atoms with Crippen molar-refractivity contribution < 1.29 is 0 Å².